The van der Waals surface area contributed by atoms with Crippen molar-refractivity contribution in [2.75, 3.05) is 0 Å². The Morgan fingerprint density at radius 3 is 2.40 bits per heavy atom. The highest BCUT2D eigenvalue weighted by Crippen LogP contribution is 2.21. The Morgan fingerprint density at radius 1 is 1.05 bits per heavy atom. The predicted octanol–water partition coefficient (Wildman–Crippen LogP) is 3.09. The van der Waals surface area contributed by atoms with E-state index < -0.39 is 0 Å². The molecule has 4 nitrogen and oxygen atoms in total. The minimum absolute atomic E-state index is 0.0335. The van der Waals surface area contributed by atoms with Crippen LogP contribution in [0.5, 0.6) is 0 Å². The normalized spacial score (nSPS) is 10.7. The van der Waals surface area contributed by atoms with Crippen LogP contribution < -0.4 is 0 Å². The predicted molar refractivity (Wildman–Crippen MR) is 80.1 cm³/mol. The van der Waals surface area contributed by atoms with Crippen LogP contribution in [0.25, 0.3) is 17.1 Å². The van der Waals surface area contributed by atoms with Crippen molar-refractivity contribution in [2.45, 2.75) is 6.61 Å². The Morgan fingerprint density at radius 2 is 1.75 bits per heavy atom. The first-order chi connectivity index (χ1) is 9.79. The molecule has 0 unspecified atom stereocenters. The van der Waals surface area contributed by atoms with Gasteiger partial charge < -0.3 is 5.11 Å². The van der Waals surface area contributed by atoms with Gasteiger partial charge in [-0.3, -0.25) is 9.67 Å². The van der Waals surface area contributed by atoms with Crippen LogP contribution in [0.15, 0.2) is 54.6 Å². The highest BCUT2D eigenvalue weighted by Gasteiger charge is 2.10. The van der Waals surface area contributed by atoms with Gasteiger partial charge in [-0.05, 0) is 29.9 Å². The maximum Gasteiger partial charge on any atom is 0.200 e. The summed E-state index contributed by atoms with van der Waals surface area (Å²) < 4.78 is 2.45. The van der Waals surface area contributed by atoms with Crippen LogP contribution in [-0.4, -0.2) is 19.9 Å². The first-order valence-corrected chi connectivity index (χ1v) is 6.63. The molecule has 0 radical (unpaired) electrons. The average molecular weight is 283 g/mol. The van der Waals surface area contributed by atoms with Crippen molar-refractivity contribution >= 4 is 12.2 Å². The molecule has 0 aliphatic rings. The van der Waals surface area contributed by atoms with Crippen molar-refractivity contribution in [1.29, 1.82) is 0 Å². The molecule has 2 N–H and O–H groups in total. The zero-order chi connectivity index (χ0) is 13.9. The molecule has 1 aromatic heterocycles. The zero-order valence-electron chi connectivity index (χ0n) is 10.7. The molecule has 5 heteroatoms. The van der Waals surface area contributed by atoms with Gasteiger partial charge in [0.25, 0.3) is 0 Å². The van der Waals surface area contributed by atoms with E-state index in [1.165, 1.54) is 0 Å². The van der Waals surface area contributed by atoms with Gasteiger partial charge in [0.1, 0.15) is 0 Å². The number of hydrogen-bond acceptors (Lipinski definition) is 3. The molecule has 0 aliphatic heterocycles. The van der Waals surface area contributed by atoms with Gasteiger partial charge >= 0.3 is 0 Å². The maximum absolute atomic E-state index is 9.09. The summed E-state index contributed by atoms with van der Waals surface area (Å²) in [4.78, 5) is 0. The molecule has 0 spiro atoms. The molecule has 2 aromatic carbocycles. The minimum Gasteiger partial charge on any atom is -0.392 e. The van der Waals surface area contributed by atoms with E-state index in [1.807, 2.05) is 59.2 Å². The number of rotatable bonds is 3. The standard InChI is InChI=1S/C15H13N3OS/c19-10-11-6-8-12(9-7-11)14-16-17-15(20)18(14)13-4-2-1-3-5-13/h1-9,19H,10H2,(H,17,20). The smallest absolute Gasteiger partial charge is 0.200 e. The second-order valence-electron chi connectivity index (χ2n) is 4.38. The number of aliphatic hydroxyl groups excluding tert-OH is 1. The molecule has 0 amide bonds. The first kappa shape index (κ1) is 12.8. The fourth-order valence-electron chi connectivity index (χ4n) is 2.07. The quantitative estimate of drug-likeness (QED) is 0.726. The SMILES string of the molecule is OCc1ccc(-c2n[nH]c(=S)n2-c2ccccc2)cc1. The number of aromatic nitrogens is 3. The van der Waals surface area contributed by atoms with Crippen molar-refractivity contribution < 1.29 is 5.11 Å². The molecule has 0 aliphatic carbocycles. The molecule has 0 saturated carbocycles. The summed E-state index contributed by atoms with van der Waals surface area (Å²) in [7, 11) is 0. The van der Waals surface area contributed by atoms with Gasteiger partial charge in [0.2, 0.25) is 0 Å². The molecule has 0 fully saturated rings. The number of nitrogens with zero attached hydrogens (tertiary/aromatic N) is 2. The summed E-state index contributed by atoms with van der Waals surface area (Å²) in [5, 5.41) is 16.2. The Hall–Kier alpha value is -2.24. The molecular weight excluding hydrogens is 270 g/mol. The van der Waals surface area contributed by atoms with Crippen molar-refractivity contribution in [3.8, 4) is 17.1 Å². The largest absolute Gasteiger partial charge is 0.392 e. The molecule has 100 valence electrons. The number of aliphatic hydroxyl groups is 1. The van der Waals surface area contributed by atoms with Crippen molar-refractivity contribution in [1.82, 2.24) is 14.8 Å². The topological polar surface area (TPSA) is 53.8 Å². The second-order valence-corrected chi connectivity index (χ2v) is 4.77. The van der Waals surface area contributed by atoms with E-state index in [-0.39, 0.29) is 6.61 Å². The van der Waals surface area contributed by atoms with Crippen LogP contribution in [0.3, 0.4) is 0 Å². The fraction of sp³-hybridized carbons (Fsp3) is 0.0667. The lowest BCUT2D eigenvalue weighted by Gasteiger charge is -2.07. The Bertz CT molecular complexity index is 760. The van der Waals surface area contributed by atoms with E-state index in [0.717, 1.165) is 22.6 Å². The summed E-state index contributed by atoms with van der Waals surface area (Å²) >= 11 is 5.31. The third-order valence-corrected chi connectivity index (χ3v) is 3.36. The van der Waals surface area contributed by atoms with E-state index in [9.17, 15) is 0 Å². The lowest BCUT2D eigenvalue weighted by Crippen LogP contribution is -1.97. The van der Waals surface area contributed by atoms with Crippen molar-refractivity contribution in [3.05, 3.63) is 64.9 Å². The van der Waals surface area contributed by atoms with Gasteiger partial charge in [-0.25, -0.2) is 0 Å². The summed E-state index contributed by atoms with van der Waals surface area (Å²) in [5.74, 6) is 0.755. The van der Waals surface area contributed by atoms with Gasteiger partial charge in [0, 0.05) is 11.3 Å². The van der Waals surface area contributed by atoms with Crippen LogP contribution in [0.4, 0.5) is 0 Å². The number of nitrogens with one attached hydrogen (secondary N) is 1. The number of aromatic amines is 1. The summed E-state index contributed by atoms with van der Waals surface area (Å²) in [6.07, 6.45) is 0. The summed E-state index contributed by atoms with van der Waals surface area (Å²) in [6, 6.07) is 17.5. The van der Waals surface area contributed by atoms with E-state index in [2.05, 4.69) is 10.2 Å². The third-order valence-electron chi connectivity index (χ3n) is 3.08. The highest BCUT2D eigenvalue weighted by molar-refractivity contribution is 7.71. The van der Waals surface area contributed by atoms with E-state index in [0.29, 0.717) is 4.77 Å². The molecule has 0 saturated heterocycles. The van der Waals surface area contributed by atoms with E-state index in [4.69, 9.17) is 17.3 Å². The van der Waals surface area contributed by atoms with Crippen molar-refractivity contribution in [2.24, 2.45) is 0 Å². The molecule has 0 bridgehead atoms. The Balaban J connectivity index is 2.13. The van der Waals surface area contributed by atoms with E-state index in [1.54, 1.807) is 0 Å². The third kappa shape index (κ3) is 2.29. The molecule has 0 atom stereocenters. The lowest BCUT2D eigenvalue weighted by atomic mass is 10.1. The van der Waals surface area contributed by atoms with Crippen LogP contribution in [0.1, 0.15) is 5.56 Å². The first-order valence-electron chi connectivity index (χ1n) is 6.22. The van der Waals surface area contributed by atoms with Crippen LogP contribution in [0.2, 0.25) is 0 Å². The van der Waals surface area contributed by atoms with Crippen LogP contribution in [0, 0.1) is 4.77 Å². The van der Waals surface area contributed by atoms with Gasteiger partial charge in [-0.1, -0.05) is 42.5 Å². The highest BCUT2D eigenvalue weighted by atomic mass is 32.1. The van der Waals surface area contributed by atoms with Gasteiger partial charge in [0.15, 0.2) is 10.6 Å². The van der Waals surface area contributed by atoms with Gasteiger partial charge in [-0.2, -0.15) is 5.10 Å². The molecule has 3 rings (SSSR count). The second kappa shape index (κ2) is 5.40. The average Bonchev–Trinajstić information content (AvgIpc) is 2.90. The number of H-pyrrole nitrogens is 1. The fourth-order valence-corrected chi connectivity index (χ4v) is 2.30. The van der Waals surface area contributed by atoms with Gasteiger partial charge in [-0.15, -0.1) is 0 Å². The number of hydrogen-bond donors (Lipinski definition) is 2. The Labute approximate surface area is 121 Å². The molecule has 3 aromatic rings. The molecule has 20 heavy (non-hydrogen) atoms. The number of benzene rings is 2. The summed E-state index contributed by atoms with van der Waals surface area (Å²) in [6.45, 7) is 0.0335. The van der Waals surface area contributed by atoms with Gasteiger partial charge in [0.05, 0.1) is 6.61 Å². The van der Waals surface area contributed by atoms with Crippen LogP contribution in [-0.2, 0) is 6.61 Å². The lowest BCUT2D eigenvalue weighted by molar-refractivity contribution is 0.282. The number of para-hydroxylation sites is 1. The monoisotopic (exact) mass is 283 g/mol. The summed E-state index contributed by atoms with van der Waals surface area (Å²) in [5.41, 5.74) is 2.78. The van der Waals surface area contributed by atoms with E-state index >= 15 is 0 Å². The molecule has 1 heterocycles. The zero-order valence-corrected chi connectivity index (χ0v) is 11.5. The maximum atomic E-state index is 9.09. The molecular formula is C15H13N3OS. The minimum atomic E-state index is 0.0335. The van der Waals surface area contributed by atoms with Crippen molar-refractivity contribution in [3.63, 3.8) is 0 Å². The Kier molecular flexibility index (Phi) is 3.45. The van der Waals surface area contributed by atoms with Crippen LogP contribution >= 0.6 is 12.2 Å².